The van der Waals surface area contributed by atoms with Gasteiger partial charge in [-0.25, -0.2) is 0 Å². The Balaban J connectivity index is 1.85. The summed E-state index contributed by atoms with van der Waals surface area (Å²) in [5, 5.41) is 20.4. The molecule has 1 amide bonds. The fourth-order valence-corrected chi connectivity index (χ4v) is 3.04. The van der Waals surface area contributed by atoms with Gasteiger partial charge in [-0.05, 0) is 24.1 Å². The van der Waals surface area contributed by atoms with Crippen LogP contribution < -0.4 is 5.32 Å². The van der Waals surface area contributed by atoms with E-state index < -0.39 is 5.60 Å². The molecule has 3 rings (SSSR count). The molecule has 3 aromatic rings. The third kappa shape index (κ3) is 3.95. The highest BCUT2D eigenvalue weighted by Gasteiger charge is 2.34. The molecule has 0 radical (unpaired) electrons. The number of aromatic amines is 1. The first-order chi connectivity index (χ1) is 12.1. The standard InChI is InChI=1S/C20H21N3O2/c1-20(25,14-21-19(24)17-12-13-22-23-17)18(15-8-4-2-5-9-15)16-10-6-3-7-11-16/h2-13,18,25H,14H2,1H3,(H,21,24)(H,22,23). The van der Waals surface area contributed by atoms with Crippen LogP contribution in [0.5, 0.6) is 0 Å². The number of nitrogens with zero attached hydrogens (tertiary/aromatic N) is 1. The molecule has 3 N–H and O–H groups in total. The molecule has 0 spiro atoms. The summed E-state index contributed by atoms with van der Waals surface area (Å²) in [6.45, 7) is 1.85. The molecule has 0 saturated heterocycles. The Hall–Kier alpha value is -2.92. The Labute approximate surface area is 146 Å². The Kier molecular flexibility index (Phi) is 4.95. The van der Waals surface area contributed by atoms with Gasteiger partial charge in [0.15, 0.2) is 0 Å². The van der Waals surface area contributed by atoms with Gasteiger partial charge in [0.05, 0.1) is 5.60 Å². The lowest BCUT2D eigenvalue weighted by atomic mass is 9.78. The van der Waals surface area contributed by atoms with E-state index in [-0.39, 0.29) is 18.4 Å². The van der Waals surface area contributed by atoms with Gasteiger partial charge in [-0.1, -0.05) is 60.7 Å². The molecule has 0 aliphatic carbocycles. The van der Waals surface area contributed by atoms with Gasteiger partial charge in [-0.2, -0.15) is 5.10 Å². The van der Waals surface area contributed by atoms with Gasteiger partial charge in [0.2, 0.25) is 0 Å². The predicted molar refractivity (Wildman–Crippen MR) is 96.3 cm³/mol. The first-order valence-corrected chi connectivity index (χ1v) is 8.18. The maximum absolute atomic E-state index is 12.2. The van der Waals surface area contributed by atoms with Crippen LogP contribution in [0.25, 0.3) is 0 Å². The number of hydrogen-bond donors (Lipinski definition) is 3. The molecule has 0 fully saturated rings. The van der Waals surface area contributed by atoms with Crippen molar-refractivity contribution < 1.29 is 9.90 Å². The lowest BCUT2D eigenvalue weighted by Gasteiger charge is -2.34. The van der Waals surface area contributed by atoms with Gasteiger partial charge in [0, 0.05) is 18.7 Å². The monoisotopic (exact) mass is 335 g/mol. The third-order valence-electron chi connectivity index (χ3n) is 4.24. The van der Waals surface area contributed by atoms with Crippen LogP contribution in [0.1, 0.15) is 34.5 Å². The van der Waals surface area contributed by atoms with E-state index in [4.69, 9.17) is 0 Å². The Morgan fingerprint density at radius 1 is 1.08 bits per heavy atom. The van der Waals surface area contributed by atoms with E-state index in [0.717, 1.165) is 11.1 Å². The highest BCUT2D eigenvalue weighted by Crippen LogP contribution is 2.34. The molecule has 25 heavy (non-hydrogen) atoms. The van der Waals surface area contributed by atoms with Gasteiger partial charge in [-0.15, -0.1) is 0 Å². The summed E-state index contributed by atoms with van der Waals surface area (Å²) >= 11 is 0. The minimum absolute atomic E-state index is 0.110. The van der Waals surface area contributed by atoms with E-state index in [1.54, 1.807) is 13.0 Å². The SMILES string of the molecule is CC(O)(CNC(=O)c1ccn[nH]1)C(c1ccccc1)c1ccccc1. The molecule has 0 aliphatic heterocycles. The normalized spacial score (nSPS) is 13.4. The number of rotatable bonds is 6. The van der Waals surface area contributed by atoms with Gasteiger partial charge in [0.25, 0.3) is 5.91 Å². The van der Waals surface area contributed by atoms with Crippen molar-refractivity contribution in [2.75, 3.05) is 6.54 Å². The van der Waals surface area contributed by atoms with Gasteiger partial charge >= 0.3 is 0 Å². The van der Waals surface area contributed by atoms with Crippen LogP contribution in [0.3, 0.4) is 0 Å². The number of aliphatic hydroxyl groups is 1. The summed E-state index contributed by atoms with van der Waals surface area (Å²) in [6, 6.07) is 21.2. The predicted octanol–water partition coefficient (Wildman–Crippen LogP) is 2.72. The molecule has 0 bridgehead atoms. The van der Waals surface area contributed by atoms with Crippen molar-refractivity contribution >= 4 is 5.91 Å². The number of carbonyl (C=O) groups excluding carboxylic acids is 1. The third-order valence-corrected chi connectivity index (χ3v) is 4.24. The zero-order valence-electron chi connectivity index (χ0n) is 14.0. The van der Waals surface area contributed by atoms with Gasteiger partial charge in [0.1, 0.15) is 5.69 Å². The number of aromatic nitrogens is 2. The number of carbonyl (C=O) groups is 1. The van der Waals surface area contributed by atoms with Crippen LogP contribution in [-0.4, -0.2) is 33.4 Å². The Bertz CT molecular complexity index is 760. The average Bonchev–Trinajstić information content (AvgIpc) is 3.16. The van der Waals surface area contributed by atoms with Crippen LogP contribution in [0, 0.1) is 0 Å². The molecule has 1 aromatic heterocycles. The minimum Gasteiger partial charge on any atom is -0.387 e. The fourth-order valence-electron chi connectivity index (χ4n) is 3.04. The second-order valence-electron chi connectivity index (χ2n) is 6.26. The second-order valence-corrected chi connectivity index (χ2v) is 6.26. The topological polar surface area (TPSA) is 78.0 Å². The molecule has 0 saturated carbocycles. The second kappa shape index (κ2) is 7.32. The molecule has 1 atom stereocenters. The smallest absolute Gasteiger partial charge is 0.269 e. The maximum Gasteiger partial charge on any atom is 0.269 e. The van der Waals surface area contributed by atoms with E-state index in [2.05, 4.69) is 15.5 Å². The lowest BCUT2D eigenvalue weighted by Crippen LogP contribution is -2.45. The lowest BCUT2D eigenvalue weighted by molar-refractivity contribution is 0.0405. The maximum atomic E-state index is 12.2. The largest absolute Gasteiger partial charge is 0.387 e. The summed E-state index contributed by atoms with van der Waals surface area (Å²) in [7, 11) is 0. The molecule has 128 valence electrons. The number of nitrogens with one attached hydrogen (secondary N) is 2. The van der Waals surface area contributed by atoms with Gasteiger partial charge < -0.3 is 10.4 Å². The van der Waals surface area contributed by atoms with Crippen LogP contribution in [0.2, 0.25) is 0 Å². The first-order valence-electron chi connectivity index (χ1n) is 8.18. The first kappa shape index (κ1) is 16.9. The number of amides is 1. The summed E-state index contributed by atoms with van der Waals surface area (Å²) in [5.74, 6) is -0.561. The molecular weight excluding hydrogens is 314 g/mol. The zero-order valence-corrected chi connectivity index (χ0v) is 14.0. The fraction of sp³-hybridized carbons (Fsp3) is 0.200. The van der Waals surface area contributed by atoms with Crippen LogP contribution in [0.15, 0.2) is 72.9 Å². The summed E-state index contributed by atoms with van der Waals surface area (Å²) < 4.78 is 0. The number of H-pyrrole nitrogens is 1. The van der Waals surface area contributed by atoms with E-state index in [1.807, 2.05) is 60.7 Å². The molecule has 2 aromatic carbocycles. The number of hydrogen-bond acceptors (Lipinski definition) is 3. The van der Waals surface area contributed by atoms with Crippen LogP contribution in [-0.2, 0) is 0 Å². The molecule has 1 heterocycles. The van der Waals surface area contributed by atoms with Crippen LogP contribution >= 0.6 is 0 Å². The van der Waals surface area contributed by atoms with Crippen LogP contribution in [0.4, 0.5) is 0 Å². The van der Waals surface area contributed by atoms with Gasteiger partial charge in [-0.3, -0.25) is 9.89 Å². The van der Waals surface area contributed by atoms with E-state index in [1.165, 1.54) is 6.20 Å². The highest BCUT2D eigenvalue weighted by molar-refractivity contribution is 5.92. The zero-order chi connectivity index (χ0) is 17.7. The number of benzene rings is 2. The summed E-state index contributed by atoms with van der Waals surface area (Å²) in [4.78, 5) is 12.2. The molecule has 5 heteroatoms. The van der Waals surface area contributed by atoms with Crippen molar-refractivity contribution in [2.45, 2.75) is 18.4 Å². The molecule has 5 nitrogen and oxygen atoms in total. The van der Waals surface area contributed by atoms with Crippen molar-refractivity contribution in [2.24, 2.45) is 0 Å². The quantitative estimate of drug-likeness (QED) is 0.648. The van der Waals surface area contributed by atoms with Crippen molar-refractivity contribution in [1.29, 1.82) is 0 Å². The van der Waals surface area contributed by atoms with Crippen molar-refractivity contribution in [3.05, 3.63) is 89.7 Å². The molecule has 0 aliphatic rings. The average molecular weight is 335 g/mol. The summed E-state index contributed by atoms with van der Waals surface area (Å²) in [5.41, 5.74) is 1.19. The Morgan fingerprint density at radius 2 is 1.64 bits per heavy atom. The van der Waals surface area contributed by atoms with Crippen molar-refractivity contribution in [3.8, 4) is 0 Å². The van der Waals surface area contributed by atoms with Crippen molar-refractivity contribution in [3.63, 3.8) is 0 Å². The van der Waals surface area contributed by atoms with Crippen molar-refractivity contribution in [1.82, 2.24) is 15.5 Å². The minimum atomic E-state index is -1.17. The summed E-state index contributed by atoms with van der Waals surface area (Å²) in [6.07, 6.45) is 1.52. The van der Waals surface area contributed by atoms with E-state index >= 15 is 0 Å². The van der Waals surface area contributed by atoms with E-state index in [9.17, 15) is 9.90 Å². The molecule has 1 unspecified atom stereocenters. The van der Waals surface area contributed by atoms with E-state index in [0.29, 0.717) is 5.69 Å². The molecular formula is C20H21N3O2. The highest BCUT2D eigenvalue weighted by atomic mass is 16.3. The Morgan fingerprint density at radius 3 is 2.12 bits per heavy atom.